The van der Waals surface area contributed by atoms with E-state index >= 15 is 0 Å². The van der Waals surface area contributed by atoms with Crippen LogP contribution in [-0.2, 0) is 0 Å². The molecule has 25 heavy (non-hydrogen) atoms. The molecule has 3 rings (SSSR count). The van der Waals surface area contributed by atoms with E-state index in [1.54, 1.807) is 6.07 Å². The number of phenols is 1. The summed E-state index contributed by atoms with van der Waals surface area (Å²) < 4.78 is 5.41. The zero-order chi connectivity index (χ0) is 17.6. The first-order chi connectivity index (χ1) is 12.2. The van der Waals surface area contributed by atoms with Crippen molar-refractivity contribution in [2.45, 2.75) is 13.8 Å². The number of rotatable bonds is 5. The molecular formula is C20H25N3O2. The lowest BCUT2D eigenvalue weighted by molar-refractivity contribution is 0.272. The number of hydrogen-bond acceptors (Lipinski definition) is 5. The Kier molecular flexibility index (Phi) is 5.43. The topological polar surface area (TPSA) is 48.3 Å². The van der Waals surface area contributed by atoms with Gasteiger partial charge in [-0.05, 0) is 49.7 Å². The number of piperazine rings is 1. The standard InChI is InChI=1S/C20H25N3O2/c1-3-25-20-14-17(6-9-19(20)24)15-21-23-12-10-22(11-13-23)18-7-4-16(2)5-8-18/h4-9,14-15,24H,3,10-13H2,1-2H3. The van der Waals surface area contributed by atoms with E-state index in [4.69, 9.17) is 4.74 Å². The van der Waals surface area contributed by atoms with E-state index in [0.29, 0.717) is 12.4 Å². The van der Waals surface area contributed by atoms with Crippen molar-refractivity contribution in [2.75, 3.05) is 37.7 Å². The van der Waals surface area contributed by atoms with Gasteiger partial charge in [-0.2, -0.15) is 5.10 Å². The molecule has 0 radical (unpaired) electrons. The molecule has 1 aliphatic heterocycles. The van der Waals surface area contributed by atoms with Crippen molar-refractivity contribution >= 4 is 11.9 Å². The van der Waals surface area contributed by atoms with E-state index in [0.717, 1.165) is 31.7 Å². The molecular weight excluding hydrogens is 314 g/mol. The molecule has 0 aliphatic carbocycles. The normalized spacial score (nSPS) is 15.0. The summed E-state index contributed by atoms with van der Waals surface area (Å²) in [5, 5.41) is 16.4. The molecule has 5 heteroatoms. The number of hydrogen-bond donors (Lipinski definition) is 1. The smallest absolute Gasteiger partial charge is 0.161 e. The molecule has 0 aromatic heterocycles. The van der Waals surface area contributed by atoms with Crippen LogP contribution in [0.5, 0.6) is 11.5 Å². The molecule has 2 aromatic carbocycles. The highest BCUT2D eigenvalue weighted by Crippen LogP contribution is 2.26. The van der Waals surface area contributed by atoms with E-state index in [1.807, 2.05) is 25.3 Å². The molecule has 2 aromatic rings. The number of anilines is 1. The van der Waals surface area contributed by atoms with Crippen LogP contribution in [0, 0.1) is 6.92 Å². The Morgan fingerprint density at radius 2 is 1.80 bits per heavy atom. The lowest BCUT2D eigenvalue weighted by atomic mass is 10.2. The van der Waals surface area contributed by atoms with Gasteiger partial charge in [0.25, 0.3) is 0 Å². The van der Waals surface area contributed by atoms with Gasteiger partial charge >= 0.3 is 0 Å². The minimum absolute atomic E-state index is 0.158. The van der Waals surface area contributed by atoms with E-state index in [1.165, 1.54) is 11.3 Å². The fourth-order valence-electron chi connectivity index (χ4n) is 2.86. The second-order valence-corrected chi connectivity index (χ2v) is 6.18. The zero-order valence-corrected chi connectivity index (χ0v) is 14.9. The predicted molar refractivity (Wildman–Crippen MR) is 102 cm³/mol. The Morgan fingerprint density at radius 1 is 1.08 bits per heavy atom. The van der Waals surface area contributed by atoms with Crippen LogP contribution in [0.25, 0.3) is 0 Å². The number of aromatic hydroxyl groups is 1. The van der Waals surface area contributed by atoms with Crippen LogP contribution in [0.15, 0.2) is 47.6 Å². The third-order valence-electron chi connectivity index (χ3n) is 4.31. The third kappa shape index (κ3) is 4.44. The van der Waals surface area contributed by atoms with E-state index in [9.17, 15) is 5.11 Å². The maximum Gasteiger partial charge on any atom is 0.161 e. The monoisotopic (exact) mass is 339 g/mol. The first-order valence-electron chi connectivity index (χ1n) is 8.72. The zero-order valence-electron chi connectivity index (χ0n) is 14.9. The quantitative estimate of drug-likeness (QED) is 0.850. The molecule has 0 atom stereocenters. The average Bonchev–Trinajstić information content (AvgIpc) is 2.64. The van der Waals surface area contributed by atoms with Gasteiger partial charge in [-0.3, -0.25) is 5.01 Å². The van der Waals surface area contributed by atoms with E-state index in [2.05, 4.69) is 46.2 Å². The average molecular weight is 339 g/mol. The molecule has 1 saturated heterocycles. The van der Waals surface area contributed by atoms with Gasteiger partial charge in [-0.15, -0.1) is 0 Å². The number of aryl methyl sites for hydroxylation is 1. The van der Waals surface area contributed by atoms with Crippen LogP contribution < -0.4 is 9.64 Å². The van der Waals surface area contributed by atoms with Gasteiger partial charge in [0, 0.05) is 18.8 Å². The third-order valence-corrected chi connectivity index (χ3v) is 4.31. The second kappa shape index (κ2) is 7.92. The van der Waals surface area contributed by atoms with Gasteiger partial charge in [0.2, 0.25) is 0 Å². The van der Waals surface area contributed by atoms with Crippen molar-refractivity contribution in [3.05, 3.63) is 53.6 Å². The van der Waals surface area contributed by atoms with Crippen molar-refractivity contribution in [3.8, 4) is 11.5 Å². The van der Waals surface area contributed by atoms with Crippen LogP contribution in [0.3, 0.4) is 0 Å². The van der Waals surface area contributed by atoms with Crippen LogP contribution >= 0.6 is 0 Å². The Bertz CT molecular complexity index is 720. The van der Waals surface area contributed by atoms with Gasteiger partial charge in [0.05, 0.1) is 25.9 Å². The van der Waals surface area contributed by atoms with Crippen LogP contribution in [0.4, 0.5) is 5.69 Å². The molecule has 1 heterocycles. The fourth-order valence-corrected chi connectivity index (χ4v) is 2.86. The molecule has 1 fully saturated rings. The van der Waals surface area contributed by atoms with Gasteiger partial charge in [-0.1, -0.05) is 17.7 Å². The van der Waals surface area contributed by atoms with Crippen molar-refractivity contribution in [1.82, 2.24) is 5.01 Å². The lowest BCUT2D eigenvalue weighted by Crippen LogP contribution is -2.44. The van der Waals surface area contributed by atoms with E-state index < -0.39 is 0 Å². The summed E-state index contributed by atoms with van der Waals surface area (Å²) in [5.74, 6) is 0.654. The second-order valence-electron chi connectivity index (χ2n) is 6.18. The summed E-state index contributed by atoms with van der Waals surface area (Å²) in [4.78, 5) is 2.39. The number of nitrogens with zero attached hydrogens (tertiary/aromatic N) is 3. The van der Waals surface area contributed by atoms with Crippen LogP contribution in [0.1, 0.15) is 18.1 Å². The van der Waals surface area contributed by atoms with Crippen LogP contribution in [-0.4, -0.2) is 49.1 Å². The molecule has 1 aliphatic rings. The minimum atomic E-state index is 0.158. The molecule has 0 bridgehead atoms. The van der Waals surface area contributed by atoms with Gasteiger partial charge in [0.15, 0.2) is 11.5 Å². The largest absolute Gasteiger partial charge is 0.504 e. The molecule has 0 unspecified atom stereocenters. The molecule has 0 amide bonds. The first-order valence-corrected chi connectivity index (χ1v) is 8.72. The summed E-state index contributed by atoms with van der Waals surface area (Å²) in [7, 11) is 0. The Balaban J connectivity index is 1.57. The Labute approximate surface area is 149 Å². The molecule has 0 saturated carbocycles. The highest BCUT2D eigenvalue weighted by atomic mass is 16.5. The lowest BCUT2D eigenvalue weighted by Gasteiger charge is -2.34. The SMILES string of the molecule is CCOc1cc(C=NN2CCN(c3ccc(C)cc3)CC2)ccc1O. The Morgan fingerprint density at radius 3 is 2.48 bits per heavy atom. The predicted octanol–water partition coefficient (Wildman–Crippen LogP) is 3.26. The summed E-state index contributed by atoms with van der Waals surface area (Å²) in [6, 6.07) is 14.0. The van der Waals surface area contributed by atoms with Gasteiger partial charge < -0.3 is 14.7 Å². The fraction of sp³-hybridized carbons (Fsp3) is 0.350. The van der Waals surface area contributed by atoms with Crippen molar-refractivity contribution < 1.29 is 9.84 Å². The highest BCUT2D eigenvalue weighted by molar-refractivity contribution is 5.80. The van der Waals surface area contributed by atoms with E-state index in [-0.39, 0.29) is 5.75 Å². The van der Waals surface area contributed by atoms with Crippen molar-refractivity contribution in [3.63, 3.8) is 0 Å². The van der Waals surface area contributed by atoms with Crippen molar-refractivity contribution in [1.29, 1.82) is 0 Å². The molecule has 0 spiro atoms. The minimum Gasteiger partial charge on any atom is -0.504 e. The first kappa shape index (κ1) is 17.1. The number of phenolic OH excluding ortho intramolecular Hbond substituents is 1. The number of hydrazone groups is 1. The summed E-state index contributed by atoms with van der Waals surface area (Å²) in [6.07, 6.45) is 1.82. The Hall–Kier alpha value is -2.69. The summed E-state index contributed by atoms with van der Waals surface area (Å²) in [5.41, 5.74) is 3.48. The van der Waals surface area contributed by atoms with Gasteiger partial charge in [0.1, 0.15) is 0 Å². The number of ether oxygens (including phenoxy) is 1. The maximum absolute atomic E-state index is 9.75. The number of benzene rings is 2. The highest BCUT2D eigenvalue weighted by Gasteiger charge is 2.15. The molecule has 5 nitrogen and oxygen atoms in total. The summed E-state index contributed by atoms with van der Waals surface area (Å²) in [6.45, 7) is 8.22. The maximum atomic E-state index is 9.75. The van der Waals surface area contributed by atoms with Gasteiger partial charge in [-0.25, -0.2) is 0 Å². The summed E-state index contributed by atoms with van der Waals surface area (Å²) >= 11 is 0. The van der Waals surface area contributed by atoms with Crippen molar-refractivity contribution in [2.24, 2.45) is 5.10 Å². The van der Waals surface area contributed by atoms with Crippen LogP contribution in [0.2, 0.25) is 0 Å². The molecule has 1 N–H and O–H groups in total. The molecule has 132 valence electrons.